The number of carbonyl (C=O) groups excluding carboxylic acids is 1. The predicted octanol–water partition coefficient (Wildman–Crippen LogP) is 3.54. The minimum atomic E-state index is -5.08. The normalized spacial score (nSPS) is 10.8. The number of benzene rings is 1. The topological polar surface area (TPSA) is 122 Å². The maximum absolute atomic E-state index is 13.2. The Kier molecular flexibility index (Phi) is 11.1. The number of hydrogen-bond acceptors (Lipinski definition) is 6. The van der Waals surface area contributed by atoms with E-state index in [2.05, 4.69) is 10.4 Å². The van der Waals surface area contributed by atoms with Crippen LogP contribution in [0.1, 0.15) is 22.5 Å². The highest BCUT2D eigenvalue weighted by atomic mass is 33.1. The number of aliphatic carboxylic acids is 2. The summed E-state index contributed by atoms with van der Waals surface area (Å²) in [6, 6.07) is 5.98. The monoisotopic (exact) mass is 497 g/mol. The molecule has 0 aliphatic rings. The second-order valence-corrected chi connectivity index (χ2v) is 8.62. The second kappa shape index (κ2) is 13.0. The van der Waals surface area contributed by atoms with Crippen molar-refractivity contribution in [2.24, 2.45) is 0 Å². The molecule has 1 aromatic carbocycles. The standard InChI is InChI=1S/C16H18FN3O3S2.C2HF3O2/c1-11-10-12(17)2-3-14(11)20-7-4-13(19-20)16(23)18-6-9-25-24-8-5-15(21)22;3-2(4,5)1(6)7/h2-4,7,10H,5-6,8-9H2,1H3,(H,18,23)(H,21,22);(H,6,7). The summed E-state index contributed by atoms with van der Waals surface area (Å²) in [5, 5.41) is 22.6. The molecule has 0 aliphatic heterocycles. The summed E-state index contributed by atoms with van der Waals surface area (Å²) < 4.78 is 46.4. The van der Waals surface area contributed by atoms with Crippen LogP contribution in [0, 0.1) is 12.7 Å². The zero-order chi connectivity index (χ0) is 24.3. The van der Waals surface area contributed by atoms with Crippen LogP contribution in [0.4, 0.5) is 17.6 Å². The number of nitrogens with one attached hydrogen (secondary N) is 1. The van der Waals surface area contributed by atoms with Gasteiger partial charge in [0.1, 0.15) is 5.82 Å². The maximum Gasteiger partial charge on any atom is 0.490 e. The van der Waals surface area contributed by atoms with Gasteiger partial charge >= 0.3 is 18.1 Å². The highest BCUT2D eigenvalue weighted by Crippen LogP contribution is 2.21. The Morgan fingerprint density at radius 2 is 1.75 bits per heavy atom. The fourth-order valence-electron chi connectivity index (χ4n) is 2.00. The molecular weight excluding hydrogens is 478 g/mol. The SMILES string of the molecule is Cc1cc(F)ccc1-n1ccc(C(=O)NCCSSCCC(=O)O)n1.O=C(O)C(F)(F)F. The molecule has 0 saturated heterocycles. The lowest BCUT2D eigenvalue weighted by Crippen LogP contribution is -2.26. The number of aromatic nitrogens is 2. The second-order valence-electron chi connectivity index (χ2n) is 5.92. The number of halogens is 4. The third kappa shape index (κ3) is 10.0. The third-order valence-corrected chi connectivity index (χ3v) is 5.83. The van der Waals surface area contributed by atoms with Gasteiger partial charge in [-0.05, 0) is 36.8 Å². The molecule has 0 spiro atoms. The number of carboxylic acids is 2. The Morgan fingerprint density at radius 3 is 2.31 bits per heavy atom. The molecule has 2 rings (SSSR count). The van der Waals surface area contributed by atoms with E-state index < -0.39 is 18.1 Å². The number of alkyl halides is 3. The Hall–Kier alpha value is -2.74. The van der Waals surface area contributed by atoms with Crippen LogP contribution in [0.15, 0.2) is 30.5 Å². The Balaban J connectivity index is 0.000000633. The van der Waals surface area contributed by atoms with Crippen LogP contribution in [-0.4, -0.2) is 62.1 Å². The first-order valence-corrected chi connectivity index (χ1v) is 11.3. The summed E-state index contributed by atoms with van der Waals surface area (Å²) in [7, 11) is 2.98. The predicted molar refractivity (Wildman–Crippen MR) is 111 cm³/mol. The fraction of sp³-hybridized carbons (Fsp3) is 0.333. The van der Waals surface area contributed by atoms with Gasteiger partial charge in [0, 0.05) is 24.2 Å². The van der Waals surface area contributed by atoms with Gasteiger partial charge in [0.2, 0.25) is 0 Å². The summed E-state index contributed by atoms with van der Waals surface area (Å²) in [4.78, 5) is 31.3. The van der Waals surface area contributed by atoms with E-state index in [4.69, 9.17) is 15.0 Å². The van der Waals surface area contributed by atoms with Gasteiger partial charge in [-0.1, -0.05) is 21.6 Å². The molecule has 14 heteroatoms. The van der Waals surface area contributed by atoms with Gasteiger partial charge in [-0.25, -0.2) is 13.9 Å². The minimum Gasteiger partial charge on any atom is -0.481 e. The Labute approximate surface area is 187 Å². The first-order chi connectivity index (χ1) is 14.9. The van der Waals surface area contributed by atoms with Crippen LogP contribution >= 0.6 is 21.6 Å². The molecule has 1 heterocycles. The molecule has 1 aromatic heterocycles. The van der Waals surface area contributed by atoms with Crippen molar-refractivity contribution in [2.75, 3.05) is 18.1 Å². The summed E-state index contributed by atoms with van der Waals surface area (Å²) in [6.45, 7) is 2.24. The molecule has 176 valence electrons. The lowest BCUT2D eigenvalue weighted by atomic mass is 10.2. The quantitative estimate of drug-likeness (QED) is 0.273. The molecule has 3 N–H and O–H groups in total. The molecule has 2 aromatic rings. The van der Waals surface area contributed by atoms with Gasteiger partial charge in [0.15, 0.2) is 5.69 Å². The number of carboxylic acid groups (broad SMARTS) is 2. The first-order valence-electron chi connectivity index (χ1n) is 8.78. The van der Waals surface area contributed by atoms with E-state index in [0.717, 1.165) is 5.56 Å². The van der Waals surface area contributed by atoms with E-state index in [1.165, 1.54) is 33.7 Å². The number of nitrogens with zero attached hydrogens (tertiary/aromatic N) is 2. The van der Waals surface area contributed by atoms with Crippen molar-refractivity contribution in [1.82, 2.24) is 15.1 Å². The van der Waals surface area contributed by atoms with E-state index >= 15 is 0 Å². The van der Waals surface area contributed by atoms with E-state index in [-0.39, 0.29) is 23.8 Å². The van der Waals surface area contributed by atoms with E-state index in [1.807, 2.05) is 0 Å². The number of aryl methyl sites for hydroxylation is 1. The molecule has 0 unspecified atom stereocenters. The van der Waals surface area contributed by atoms with Crippen molar-refractivity contribution in [3.63, 3.8) is 0 Å². The summed E-state index contributed by atoms with van der Waals surface area (Å²) in [6.07, 6.45) is -3.30. The zero-order valence-electron chi connectivity index (χ0n) is 16.6. The van der Waals surface area contributed by atoms with Crippen molar-refractivity contribution in [1.29, 1.82) is 0 Å². The molecule has 0 radical (unpaired) electrons. The lowest BCUT2D eigenvalue weighted by molar-refractivity contribution is -0.192. The molecule has 0 saturated carbocycles. The highest BCUT2D eigenvalue weighted by Gasteiger charge is 2.38. The first kappa shape index (κ1) is 27.3. The Bertz CT molecular complexity index is 938. The van der Waals surface area contributed by atoms with E-state index in [0.29, 0.717) is 23.7 Å². The van der Waals surface area contributed by atoms with Gasteiger partial charge in [0.25, 0.3) is 5.91 Å². The van der Waals surface area contributed by atoms with Gasteiger partial charge in [-0.2, -0.15) is 18.3 Å². The van der Waals surface area contributed by atoms with Crippen molar-refractivity contribution in [3.8, 4) is 5.69 Å². The van der Waals surface area contributed by atoms with Gasteiger partial charge in [-0.15, -0.1) is 0 Å². The van der Waals surface area contributed by atoms with Gasteiger partial charge < -0.3 is 15.5 Å². The molecule has 8 nitrogen and oxygen atoms in total. The summed E-state index contributed by atoms with van der Waals surface area (Å²) >= 11 is 0. The van der Waals surface area contributed by atoms with Crippen LogP contribution in [0.3, 0.4) is 0 Å². The molecule has 0 aliphatic carbocycles. The minimum absolute atomic E-state index is 0.129. The van der Waals surface area contributed by atoms with E-state index in [9.17, 15) is 27.2 Å². The number of carbonyl (C=O) groups is 3. The fourth-order valence-corrected chi connectivity index (χ4v) is 3.88. The molecule has 0 fully saturated rings. The van der Waals surface area contributed by atoms with Crippen LogP contribution in [-0.2, 0) is 9.59 Å². The largest absolute Gasteiger partial charge is 0.490 e. The van der Waals surface area contributed by atoms with Gasteiger partial charge in [0.05, 0.1) is 12.1 Å². The zero-order valence-corrected chi connectivity index (χ0v) is 18.2. The number of amides is 1. The smallest absolute Gasteiger partial charge is 0.481 e. The van der Waals surface area contributed by atoms with Gasteiger partial charge in [-0.3, -0.25) is 9.59 Å². The molecular formula is C18H19F4N3O5S2. The average Bonchev–Trinajstić information content (AvgIpc) is 3.16. The maximum atomic E-state index is 13.2. The van der Waals surface area contributed by atoms with E-state index in [1.54, 1.807) is 29.9 Å². The molecule has 1 amide bonds. The van der Waals surface area contributed by atoms with Crippen molar-refractivity contribution < 1.29 is 42.2 Å². The molecule has 0 atom stereocenters. The molecule has 32 heavy (non-hydrogen) atoms. The number of rotatable bonds is 9. The highest BCUT2D eigenvalue weighted by molar-refractivity contribution is 8.76. The van der Waals surface area contributed by atoms with Crippen LogP contribution in [0.2, 0.25) is 0 Å². The Morgan fingerprint density at radius 1 is 1.12 bits per heavy atom. The van der Waals surface area contributed by atoms with Crippen LogP contribution in [0.5, 0.6) is 0 Å². The summed E-state index contributed by atoms with van der Waals surface area (Å²) in [5.74, 6) is -2.95. The van der Waals surface area contributed by atoms with Crippen LogP contribution < -0.4 is 5.32 Å². The third-order valence-electron chi connectivity index (χ3n) is 3.42. The molecule has 0 bridgehead atoms. The lowest BCUT2D eigenvalue weighted by Gasteiger charge is -2.06. The average molecular weight is 497 g/mol. The van der Waals surface area contributed by atoms with Crippen molar-refractivity contribution in [2.45, 2.75) is 19.5 Å². The van der Waals surface area contributed by atoms with Crippen molar-refractivity contribution >= 4 is 39.4 Å². The number of hydrogen-bond donors (Lipinski definition) is 3. The summed E-state index contributed by atoms with van der Waals surface area (Å²) in [5.41, 5.74) is 1.72. The van der Waals surface area contributed by atoms with Crippen LogP contribution in [0.25, 0.3) is 5.69 Å². The van der Waals surface area contributed by atoms with Crippen molar-refractivity contribution in [3.05, 3.63) is 47.5 Å².